The summed E-state index contributed by atoms with van der Waals surface area (Å²) < 4.78 is 10.7. The zero-order chi connectivity index (χ0) is 14.5. The van der Waals surface area contributed by atoms with Crippen LogP contribution in [0.3, 0.4) is 0 Å². The van der Waals surface area contributed by atoms with E-state index in [2.05, 4.69) is 17.6 Å². The molecule has 1 aromatic carbocycles. The zero-order valence-electron chi connectivity index (χ0n) is 12.2. The molecule has 0 aromatic heterocycles. The first-order valence-corrected chi connectivity index (χ1v) is 6.90. The molecule has 1 aliphatic rings. The van der Waals surface area contributed by atoms with E-state index in [1.807, 2.05) is 18.2 Å². The van der Waals surface area contributed by atoms with Crippen molar-refractivity contribution in [2.45, 2.75) is 26.3 Å². The van der Waals surface area contributed by atoms with E-state index in [4.69, 9.17) is 9.47 Å². The van der Waals surface area contributed by atoms with Crippen LogP contribution in [-0.4, -0.2) is 32.3 Å². The van der Waals surface area contributed by atoms with Crippen LogP contribution < -0.4 is 15.4 Å². The van der Waals surface area contributed by atoms with Crippen molar-refractivity contribution in [3.63, 3.8) is 0 Å². The molecular weight excluding hydrogens is 256 g/mol. The molecular formula is C15H22N2O3. The summed E-state index contributed by atoms with van der Waals surface area (Å²) in [6.45, 7) is 5.30. The highest BCUT2D eigenvalue weighted by atomic mass is 16.5. The lowest BCUT2D eigenvalue weighted by atomic mass is 10.0. The van der Waals surface area contributed by atoms with Crippen molar-refractivity contribution in [2.75, 3.05) is 31.0 Å². The van der Waals surface area contributed by atoms with Gasteiger partial charge in [0.15, 0.2) is 0 Å². The van der Waals surface area contributed by atoms with Gasteiger partial charge in [-0.25, -0.2) is 0 Å². The van der Waals surface area contributed by atoms with E-state index < -0.39 is 0 Å². The van der Waals surface area contributed by atoms with E-state index in [1.54, 1.807) is 7.11 Å². The summed E-state index contributed by atoms with van der Waals surface area (Å²) in [6, 6.07) is 6.03. The van der Waals surface area contributed by atoms with Crippen molar-refractivity contribution in [3.8, 4) is 5.75 Å². The van der Waals surface area contributed by atoms with Gasteiger partial charge in [0.05, 0.1) is 19.4 Å². The maximum atomic E-state index is 11.1. The molecule has 2 atom stereocenters. The topological polar surface area (TPSA) is 59.6 Å². The maximum absolute atomic E-state index is 11.1. The number of benzene rings is 1. The van der Waals surface area contributed by atoms with Crippen LogP contribution >= 0.6 is 0 Å². The van der Waals surface area contributed by atoms with E-state index >= 15 is 0 Å². The summed E-state index contributed by atoms with van der Waals surface area (Å²) in [6.07, 6.45) is 1.09. The standard InChI is InChI=1S/C15H22N2O3/c1-10(12-6-7-20-9-12)16-13-4-5-14(17-11(2)18)15(8-13)19-3/h4-5,8,10,12,16H,6-7,9H2,1-3H3,(H,17,18). The van der Waals surface area contributed by atoms with Crippen LogP contribution in [0, 0.1) is 5.92 Å². The quantitative estimate of drug-likeness (QED) is 0.868. The number of hydrogen-bond donors (Lipinski definition) is 2. The third-order valence-electron chi connectivity index (χ3n) is 3.58. The minimum absolute atomic E-state index is 0.111. The lowest BCUT2D eigenvalue weighted by molar-refractivity contribution is -0.114. The Labute approximate surface area is 119 Å². The van der Waals surface area contributed by atoms with Gasteiger partial charge in [-0.15, -0.1) is 0 Å². The average Bonchev–Trinajstić information content (AvgIpc) is 2.94. The van der Waals surface area contributed by atoms with Crippen LogP contribution in [0.15, 0.2) is 18.2 Å². The molecule has 5 nitrogen and oxygen atoms in total. The molecule has 0 saturated carbocycles. The van der Waals surface area contributed by atoms with Crippen LogP contribution in [0.2, 0.25) is 0 Å². The molecule has 1 saturated heterocycles. The highest BCUT2D eigenvalue weighted by molar-refractivity contribution is 5.90. The van der Waals surface area contributed by atoms with Gasteiger partial charge in [0, 0.05) is 37.2 Å². The van der Waals surface area contributed by atoms with Gasteiger partial charge in [0.2, 0.25) is 5.91 Å². The molecule has 1 aliphatic heterocycles. The van der Waals surface area contributed by atoms with Crippen molar-refractivity contribution in [2.24, 2.45) is 5.92 Å². The summed E-state index contributed by atoms with van der Waals surface area (Å²) in [4.78, 5) is 11.1. The minimum Gasteiger partial charge on any atom is -0.494 e. The molecule has 1 heterocycles. The number of methoxy groups -OCH3 is 1. The molecule has 0 bridgehead atoms. The second kappa shape index (κ2) is 6.61. The highest BCUT2D eigenvalue weighted by Crippen LogP contribution is 2.29. The number of amides is 1. The molecule has 2 rings (SSSR count). The molecule has 2 N–H and O–H groups in total. The van der Waals surface area contributed by atoms with Crippen LogP contribution in [0.4, 0.5) is 11.4 Å². The van der Waals surface area contributed by atoms with E-state index in [1.165, 1.54) is 6.92 Å². The van der Waals surface area contributed by atoms with E-state index in [0.29, 0.717) is 23.4 Å². The van der Waals surface area contributed by atoms with Gasteiger partial charge in [0.1, 0.15) is 5.75 Å². The first-order chi connectivity index (χ1) is 9.60. The summed E-state index contributed by atoms with van der Waals surface area (Å²) in [7, 11) is 1.60. The van der Waals surface area contributed by atoms with Gasteiger partial charge < -0.3 is 20.1 Å². The van der Waals surface area contributed by atoms with Gasteiger partial charge in [-0.3, -0.25) is 4.79 Å². The Balaban J connectivity index is 2.06. The van der Waals surface area contributed by atoms with Crippen LogP contribution in [0.1, 0.15) is 20.3 Å². The minimum atomic E-state index is -0.111. The number of hydrogen-bond acceptors (Lipinski definition) is 4. The van der Waals surface area contributed by atoms with Crippen molar-refractivity contribution in [1.29, 1.82) is 0 Å². The fraction of sp³-hybridized carbons (Fsp3) is 0.533. The fourth-order valence-electron chi connectivity index (χ4n) is 2.40. The summed E-state index contributed by atoms with van der Waals surface area (Å²) >= 11 is 0. The average molecular weight is 278 g/mol. The zero-order valence-corrected chi connectivity index (χ0v) is 12.2. The maximum Gasteiger partial charge on any atom is 0.221 e. The molecule has 0 spiro atoms. The Morgan fingerprint density at radius 3 is 2.90 bits per heavy atom. The van der Waals surface area contributed by atoms with Crippen molar-refractivity contribution < 1.29 is 14.3 Å². The fourth-order valence-corrected chi connectivity index (χ4v) is 2.40. The predicted molar refractivity (Wildman–Crippen MR) is 79.3 cm³/mol. The number of carbonyl (C=O) groups excluding carboxylic acids is 1. The van der Waals surface area contributed by atoms with Crippen LogP contribution in [0.25, 0.3) is 0 Å². The predicted octanol–water partition coefficient (Wildman–Crippen LogP) is 2.49. The van der Waals surface area contributed by atoms with Crippen molar-refractivity contribution in [3.05, 3.63) is 18.2 Å². The Morgan fingerprint density at radius 1 is 1.50 bits per heavy atom. The van der Waals surface area contributed by atoms with E-state index in [9.17, 15) is 4.79 Å². The third-order valence-corrected chi connectivity index (χ3v) is 3.58. The summed E-state index contributed by atoms with van der Waals surface area (Å²) in [5.41, 5.74) is 1.66. The van der Waals surface area contributed by atoms with Crippen molar-refractivity contribution >= 4 is 17.3 Å². The molecule has 5 heteroatoms. The molecule has 1 aromatic rings. The van der Waals surface area contributed by atoms with E-state index in [-0.39, 0.29) is 5.91 Å². The first-order valence-electron chi connectivity index (χ1n) is 6.90. The third kappa shape index (κ3) is 3.63. The molecule has 0 aliphatic carbocycles. The Kier molecular flexibility index (Phi) is 4.84. The smallest absolute Gasteiger partial charge is 0.221 e. The molecule has 110 valence electrons. The molecule has 0 radical (unpaired) electrons. The van der Waals surface area contributed by atoms with Gasteiger partial charge in [0.25, 0.3) is 0 Å². The number of ether oxygens (including phenoxy) is 2. The van der Waals surface area contributed by atoms with Crippen molar-refractivity contribution in [1.82, 2.24) is 0 Å². The Morgan fingerprint density at radius 2 is 2.30 bits per heavy atom. The summed E-state index contributed by atoms with van der Waals surface area (Å²) in [5.74, 6) is 1.08. The Bertz CT molecular complexity index is 470. The van der Waals surface area contributed by atoms with Crippen LogP contribution in [-0.2, 0) is 9.53 Å². The Hall–Kier alpha value is -1.75. The highest BCUT2D eigenvalue weighted by Gasteiger charge is 2.22. The monoisotopic (exact) mass is 278 g/mol. The number of rotatable bonds is 5. The molecule has 2 unspecified atom stereocenters. The SMILES string of the molecule is COc1cc(NC(C)C2CCOC2)ccc1NC(C)=O. The van der Waals surface area contributed by atoms with Gasteiger partial charge >= 0.3 is 0 Å². The lowest BCUT2D eigenvalue weighted by Gasteiger charge is -2.21. The van der Waals surface area contributed by atoms with E-state index in [0.717, 1.165) is 25.3 Å². The number of anilines is 2. The van der Waals surface area contributed by atoms with Gasteiger partial charge in [-0.05, 0) is 25.5 Å². The second-order valence-corrected chi connectivity index (χ2v) is 5.15. The first kappa shape index (κ1) is 14.7. The second-order valence-electron chi connectivity index (χ2n) is 5.15. The normalized spacial score (nSPS) is 19.4. The molecule has 20 heavy (non-hydrogen) atoms. The summed E-state index contributed by atoms with van der Waals surface area (Å²) in [5, 5.41) is 6.21. The van der Waals surface area contributed by atoms with Gasteiger partial charge in [-0.1, -0.05) is 0 Å². The van der Waals surface area contributed by atoms with Gasteiger partial charge in [-0.2, -0.15) is 0 Å². The largest absolute Gasteiger partial charge is 0.494 e. The number of nitrogens with one attached hydrogen (secondary N) is 2. The molecule has 1 amide bonds. The number of carbonyl (C=O) groups is 1. The molecule has 1 fully saturated rings. The van der Waals surface area contributed by atoms with Crippen LogP contribution in [0.5, 0.6) is 5.75 Å². The lowest BCUT2D eigenvalue weighted by Crippen LogP contribution is -2.26.